The zero-order valence-corrected chi connectivity index (χ0v) is 16.6. The van der Waals surface area contributed by atoms with Gasteiger partial charge in [-0.25, -0.2) is 0 Å². The predicted molar refractivity (Wildman–Crippen MR) is 105 cm³/mol. The van der Waals surface area contributed by atoms with Gasteiger partial charge in [-0.05, 0) is 42.7 Å². The fourth-order valence-corrected chi connectivity index (χ4v) is 3.02. The summed E-state index contributed by atoms with van der Waals surface area (Å²) >= 11 is 12.0. The van der Waals surface area contributed by atoms with Gasteiger partial charge in [0.1, 0.15) is 6.04 Å². The van der Waals surface area contributed by atoms with E-state index in [4.69, 9.17) is 23.2 Å². The molecule has 0 aliphatic rings. The van der Waals surface area contributed by atoms with Crippen molar-refractivity contribution in [2.24, 2.45) is 0 Å². The molecule has 2 aromatic carbocycles. The minimum Gasteiger partial charge on any atom is -0.357 e. The zero-order chi connectivity index (χ0) is 19.3. The second kappa shape index (κ2) is 9.06. The number of rotatable bonds is 6. The molecule has 0 bridgehead atoms. The maximum Gasteiger partial charge on any atom is 0.242 e. The molecule has 0 aliphatic carbocycles. The predicted octanol–water partition coefficient (Wildman–Crippen LogP) is 4.01. The third-order valence-electron chi connectivity index (χ3n) is 4.35. The van der Waals surface area contributed by atoms with Crippen LogP contribution in [0.2, 0.25) is 10.0 Å². The molecule has 0 heterocycles. The number of likely N-dealkylation sites (N-methyl/N-ethyl adjacent to an activating group) is 1. The van der Waals surface area contributed by atoms with Crippen LogP contribution in [0.15, 0.2) is 42.5 Å². The summed E-state index contributed by atoms with van der Waals surface area (Å²) < 4.78 is 0. The van der Waals surface area contributed by atoms with Crippen molar-refractivity contribution in [1.82, 2.24) is 10.2 Å². The molecule has 2 aromatic rings. The van der Waals surface area contributed by atoms with Gasteiger partial charge in [0, 0.05) is 13.6 Å². The SMILES string of the molecule is CNC(=O)[C@@H](C)N(Cc1ccc(Cl)c(Cl)c1)C(=O)Cc1ccccc1C. The molecule has 0 aromatic heterocycles. The number of benzene rings is 2. The summed E-state index contributed by atoms with van der Waals surface area (Å²) in [4.78, 5) is 26.7. The van der Waals surface area contributed by atoms with Crippen molar-refractivity contribution >= 4 is 35.0 Å². The third-order valence-corrected chi connectivity index (χ3v) is 5.09. The molecule has 2 amide bonds. The van der Waals surface area contributed by atoms with Crippen LogP contribution in [0.3, 0.4) is 0 Å². The largest absolute Gasteiger partial charge is 0.357 e. The molecule has 4 nitrogen and oxygen atoms in total. The van der Waals surface area contributed by atoms with E-state index in [9.17, 15) is 9.59 Å². The number of aryl methyl sites for hydroxylation is 1. The average Bonchev–Trinajstić information content (AvgIpc) is 2.63. The van der Waals surface area contributed by atoms with Crippen molar-refractivity contribution in [2.75, 3.05) is 7.05 Å². The van der Waals surface area contributed by atoms with Gasteiger partial charge in [0.2, 0.25) is 11.8 Å². The molecule has 0 saturated heterocycles. The lowest BCUT2D eigenvalue weighted by Gasteiger charge is -2.28. The molecule has 0 spiro atoms. The Morgan fingerprint density at radius 1 is 1.12 bits per heavy atom. The zero-order valence-electron chi connectivity index (χ0n) is 15.1. The van der Waals surface area contributed by atoms with Crippen LogP contribution < -0.4 is 5.32 Å². The number of nitrogens with zero attached hydrogens (tertiary/aromatic N) is 1. The Morgan fingerprint density at radius 3 is 2.42 bits per heavy atom. The number of carbonyl (C=O) groups excluding carboxylic acids is 2. The van der Waals surface area contributed by atoms with Crippen molar-refractivity contribution in [3.8, 4) is 0 Å². The Kier molecular flexibility index (Phi) is 7.06. The van der Waals surface area contributed by atoms with Crippen LogP contribution in [0.5, 0.6) is 0 Å². The van der Waals surface area contributed by atoms with Crippen molar-refractivity contribution < 1.29 is 9.59 Å². The van der Waals surface area contributed by atoms with Crippen molar-refractivity contribution in [1.29, 1.82) is 0 Å². The van der Waals surface area contributed by atoms with Crippen molar-refractivity contribution in [2.45, 2.75) is 32.9 Å². The molecule has 0 aliphatic heterocycles. The molecule has 26 heavy (non-hydrogen) atoms. The van der Waals surface area contributed by atoms with Crippen LogP contribution in [0, 0.1) is 6.92 Å². The molecule has 1 atom stereocenters. The van der Waals surface area contributed by atoms with Gasteiger partial charge in [-0.1, -0.05) is 53.5 Å². The summed E-state index contributed by atoms with van der Waals surface area (Å²) in [5.41, 5.74) is 2.80. The van der Waals surface area contributed by atoms with E-state index in [1.165, 1.54) is 0 Å². The lowest BCUT2D eigenvalue weighted by atomic mass is 10.0. The van der Waals surface area contributed by atoms with Gasteiger partial charge in [-0.3, -0.25) is 9.59 Å². The van der Waals surface area contributed by atoms with Gasteiger partial charge in [-0.2, -0.15) is 0 Å². The topological polar surface area (TPSA) is 49.4 Å². The number of hydrogen-bond acceptors (Lipinski definition) is 2. The molecule has 6 heteroatoms. The van der Waals surface area contributed by atoms with Crippen LogP contribution >= 0.6 is 23.2 Å². The van der Waals surface area contributed by atoms with Gasteiger partial charge >= 0.3 is 0 Å². The first-order valence-electron chi connectivity index (χ1n) is 8.33. The smallest absolute Gasteiger partial charge is 0.242 e. The van der Waals surface area contributed by atoms with E-state index in [0.717, 1.165) is 16.7 Å². The third kappa shape index (κ3) is 4.99. The minimum absolute atomic E-state index is 0.124. The number of hydrogen-bond donors (Lipinski definition) is 1. The van der Waals surface area contributed by atoms with E-state index >= 15 is 0 Å². The Morgan fingerprint density at radius 2 is 1.81 bits per heavy atom. The second-order valence-corrected chi connectivity index (χ2v) is 6.98. The molecular weight excluding hydrogens is 371 g/mol. The van der Waals surface area contributed by atoms with Crippen LogP contribution in [-0.2, 0) is 22.6 Å². The Hall–Kier alpha value is -2.04. The molecule has 0 radical (unpaired) electrons. The summed E-state index contributed by atoms with van der Waals surface area (Å²) in [5, 5.41) is 3.47. The maximum absolute atomic E-state index is 13.0. The number of nitrogens with one attached hydrogen (secondary N) is 1. The molecule has 138 valence electrons. The van der Waals surface area contributed by atoms with Crippen LogP contribution in [0.1, 0.15) is 23.6 Å². The Labute approximate surface area is 164 Å². The first kappa shape index (κ1) is 20.3. The van der Waals surface area contributed by atoms with Gasteiger partial charge in [0.15, 0.2) is 0 Å². The monoisotopic (exact) mass is 392 g/mol. The fourth-order valence-electron chi connectivity index (χ4n) is 2.70. The van der Waals surface area contributed by atoms with Gasteiger partial charge in [0.25, 0.3) is 0 Å². The minimum atomic E-state index is -0.606. The van der Waals surface area contributed by atoms with Crippen LogP contribution in [0.25, 0.3) is 0 Å². The molecule has 1 N–H and O–H groups in total. The Bertz CT molecular complexity index is 808. The first-order chi connectivity index (χ1) is 12.3. The summed E-state index contributed by atoms with van der Waals surface area (Å²) in [6.45, 7) is 3.95. The number of carbonyl (C=O) groups is 2. The van der Waals surface area contributed by atoms with Crippen molar-refractivity contribution in [3.63, 3.8) is 0 Å². The second-order valence-electron chi connectivity index (χ2n) is 6.16. The lowest BCUT2D eigenvalue weighted by molar-refractivity contribution is -0.139. The summed E-state index contributed by atoms with van der Waals surface area (Å²) in [6, 6.07) is 12.3. The van der Waals surface area contributed by atoms with Crippen LogP contribution in [0.4, 0.5) is 0 Å². The first-order valence-corrected chi connectivity index (χ1v) is 9.08. The van der Waals surface area contributed by atoms with Gasteiger partial charge < -0.3 is 10.2 Å². The molecular formula is C20H22Cl2N2O2. The van der Waals surface area contributed by atoms with E-state index in [1.54, 1.807) is 37.1 Å². The quantitative estimate of drug-likeness (QED) is 0.806. The highest BCUT2D eigenvalue weighted by Crippen LogP contribution is 2.24. The van der Waals surface area contributed by atoms with Crippen LogP contribution in [-0.4, -0.2) is 29.8 Å². The number of amides is 2. The highest BCUT2D eigenvalue weighted by atomic mass is 35.5. The van der Waals surface area contributed by atoms with Gasteiger partial charge in [-0.15, -0.1) is 0 Å². The lowest BCUT2D eigenvalue weighted by Crippen LogP contribution is -2.47. The highest BCUT2D eigenvalue weighted by Gasteiger charge is 2.26. The molecule has 0 unspecified atom stereocenters. The summed E-state index contributed by atoms with van der Waals surface area (Å²) in [5.74, 6) is -0.343. The highest BCUT2D eigenvalue weighted by molar-refractivity contribution is 6.42. The van der Waals surface area contributed by atoms with E-state index in [2.05, 4.69) is 5.32 Å². The van der Waals surface area contributed by atoms with E-state index in [-0.39, 0.29) is 24.8 Å². The number of halogens is 2. The normalized spacial score (nSPS) is 11.7. The maximum atomic E-state index is 13.0. The van der Waals surface area contributed by atoms with Crippen molar-refractivity contribution in [3.05, 3.63) is 69.2 Å². The van der Waals surface area contributed by atoms with E-state index < -0.39 is 6.04 Å². The molecule has 0 saturated carbocycles. The summed E-state index contributed by atoms with van der Waals surface area (Å²) in [7, 11) is 1.56. The molecule has 0 fully saturated rings. The van der Waals surface area contributed by atoms with Gasteiger partial charge in [0.05, 0.1) is 16.5 Å². The van der Waals surface area contributed by atoms with E-state index in [0.29, 0.717) is 10.0 Å². The Balaban J connectivity index is 2.27. The van der Waals surface area contributed by atoms with E-state index in [1.807, 2.05) is 31.2 Å². The fraction of sp³-hybridized carbons (Fsp3) is 0.300. The average molecular weight is 393 g/mol. The summed E-state index contributed by atoms with van der Waals surface area (Å²) in [6.07, 6.45) is 0.231. The standard InChI is InChI=1S/C20H22Cl2N2O2/c1-13-6-4-5-7-16(13)11-19(25)24(14(2)20(26)23-3)12-15-8-9-17(21)18(22)10-15/h4-10,14H,11-12H2,1-3H3,(H,23,26)/t14-/m1/s1. The molecule has 2 rings (SSSR count).